The molecule has 4 nitrogen and oxygen atoms in total. The third-order valence-electron chi connectivity index (χ3n) is 3.31. The first kappa shape index (κ1) is 12.2. The molecule has 1 unspecified atom stereocenters. The summed E-state index contributed by atoms with van der Waals surface area (Å²) >= 11 is 0. The third kappa shape index (κ3) is 2.69. The van der Waals surface area contributed by atoms with E-state index in [4.69, 9.17) is 9.52 Å². The van der Waals surface area contributed by atoms with E-state index in [0.717, 1.165) is 38.0 Å². The molecule has 17 heavy (non-hydrogen) atoms. The van der Waals surface area contributed by atoms with Crippen LogP contribution in [0.2, 0.25) is 0 Å². The highest BCUT2D eigenvalue weighted by atomic mass is 16.4. The van der Waals surface area contributed by atoms with E-state index in [9.17, 15) is 4.79 Å². The Hall–Kier alpha value is -1.29. The quantitative estimate of drug-likeness (QED) is 0.854. The summed E-state index contributed by atoms with van der Waals surface area (Å²) in [6.07, 6.45) is 5.77. The molecule has 0 amide bonds. The van der Waals surface area contributed by atoms with Crippen molar-refractivity contribution in [1.29, 1.82) is 0 Å². The number of aryl methyl sites for hydroxylation is 1. The molecular weight excluding hydrogens is 218 g/mol. The minimum Gasteiger partial charge on any atom is -0.480 e. The highest BCUT2D eigenvalue weighted by Gasteiger charge is 2.28. The van der Waals surface area contributed by atoms with Gasteiger partial charge in [0.15, 0.2) is 0 Å². The van der Waals surface area contributed by atoms with E-state index >= 15 is 0 Å². The van der Waals surface area contributed by atoms with Gasteiger partial charge in [-0.05, 0) is 31.9 Å². The zero-order valence-electron chi connectivity index (χ0n) is 10.2. The van der Waals surface area contributed by atoms with Crippen molar-refractivity contribution in [3.8, 4) is 0 Å². The predicted molar refractivity (Wildman–Crippen MR) is 63.9 cm³/mol. The van der Waals surface area contributed by atoms with Crippen molar-refractivity contribution >= 4 is 5.97 Å². The second-order valence-corrected chi connectivity index (χ2v) is 4.57. The number of carboxylic acids is 1. The summed E-state index contributed by atoms with van der Waals surface area (Å²) in [7, 11) is 0. The van der Waals surface area contributed by atoms with E-state index < -0.39 is 5.97 Å². The number of carboxylic acid groups (broad SMARTS) is 1. The molecule has 0 radical (unpaired) electrons. The molecule has 1 aromatic rings. The Kier molecular flexibility index (Phi) is 3.84. The molecule has 1 aliphatic rings. The Morgan fingerprint density at radius 3 is 3.18 bits per heavy atom. The largest absolute Gasteiger partial charge is 0.480 e. The average molecular weight is 237 g/mol. The fourth-order valence-electron chi connectivity index (χ4n) is 2.65. The summed E-state index contributed by atoms with van der Waals surface area (Å²) in [5.41, 5.74) is 1.19. The highest BCUT2D eigenvalue weighted by Crippen LogP contribution is 2.34. The maximum absolute atomic E-state index is 10.9. The number of hydrogen-bond acceptors (Lipinski definition) is 3. The maximum Gasteiger partial charge on any atom is 0.317 e. The zero-order valence-corrected chi connectivity index (χ0v) is 10.2. The molecule has 1 N–H and O–H groups in total. The number of fused-ring (bicyclic) bond motifs is 1. The second kappa shape index (κ2) is 5.36. The Labute approximate surface area is 101 Å². The van der Waals surface area contributed by atoms with Crippen LogP contribution in [0.4, 0.5) is 0 Å². The van der Waals surface area contributed by atoms with E-state index in [1.807, 2.05) is 6.07 Å². The van der Waals surface area contributed by atoms with Crippen molar-refractivity contribution in [2.75, 3.05) is 13.1 Å². The molecule has 1 heterocycles. The van der Waals surface area contributed by atoms with Gasteiger partial charge in [0.25, 0.3) is 0 Å². The third-order valence-corrected chi connectivity index (χ3v) is 3.31. The van der Waals surface area contributed by atoms with Crippen LogP contribution in [-0.4, -0.2) is 29.1 Å². The Bertz CT molecular complexity index is 386. The smallest absolute Gasteiger partial charge is 0.317 e. The SMILES string of the molecule is CCCN(CC(=O)O)C1CCCc2occc21. The lowest BCUT2D eigenvalue weighted by molar-refractivity contribution is -0.139. The van der Waals surface area contributed by atoms with Crippen molar-refractivity contribution in [3.05, 3.63) is 23.7 Å². The van der Waals surface area contributed by atoms with Gasteiger partial charge in [-0.25, -0.2) is 0 Å². The van der Waals surface area contributed by atoms with Crippen LogP contribution in [0.5, 0.6) is 0 Å². The van der Waals surface area contributed by atoms with Crippen LogP contribution in [0.25, 0.3) is 0 Å². The fraction of sp³-hybridized carbons (Fsp3) is 0.615. The monoisotopic (exact) mass is 237 g/mol. The van der Waals surface area contributed by atoms with E-state index in [0.29, 0.717) is 0 Å². The fourth-order valence-corrected chi connectivity index (χ4v) is 2.65. The van der Waals surface area contributed by atoms with Crippen molar-refractivity contribution in [1.82, 2.24) is 4.90 Å². The van der Waals surface area contributed by atoms with E-state index in [1.165, 1.54) is 5.56 Å². The first-order valence-corrected chi connectivity index (χ1v) is 6.24. The summed E-state index contributed by atoms with van der Waals surface area (Å²) < 4.78 is 5.45. The van der Waals surface area contributed by atoms with Crippen LogP contribution in [0.3, 0.4) is 0 Å². The van der Waals surface area contributed by atoms with Crippen molar-refractivity contribution < 1.29 is 14.3 Å². The number of aliphatic carboxylic acids is 1. The number of hydrogen-bond donors (Lipinski definition) is 1. The lowest BCUT2D eigenvalue weighted by Gasteiger charge is -2.32. The highest BCUT2D eigenvalue weighted by molar-refractivity contribution is 5.69. The molecule has 4 heteroatoms. The summed E-state index contributed by atoms with van der Waals surface area (Å²) in [6, 6.07) is 2.21. The second-order valence-electron chi connectivity index (χ2n) is 4.57. The summed E-state index contributed by atoms with van der Waals surface area (Å²) in [4.78, 5) is 13.0. The summed E-state index contributed by atoms with van der Waals surface area (Å²) in [5.74, 6) is 0.279. The van der Waals surface area contributed by atoms with Crippen LogP contribution >= 0.6 is 0 Å². The van der Waals surface area contributed by atoms with E-state index in [-0.39, 0.29) is 12.6 Å². The first-order chi connectivity index (χ1) is 8.22. The van der Waals surface area contributed by atoms with Gasteiger partial charge in [0.1, 0.15) is 5.76 Å². The van der Waals surface area contributed by atoms with Crippen molar-refractivity contribution in [3.63, 3.8) is 0 Å². The maximum atomic E-state index is 10.9. The van der Waals surface area contributed by atoms with Gasteiger partial charge in [-0.3, -0.25) is 9.69 Å². The van der Waals surface area contributed by atoms with Gasteiger partial charge in [0.05, 0.1) is 12.8 Å². The Morgan fingerprint density at radius 2 is 2.47 bits per heavy atom. The number of rotatable bonds is 5. The first-order valence-electron chi connectivity index (χ1n) is 6.24. The van der Waals surface area contributed by atoms with Crippen molar-refractivity contribution in [2.45, 2.75) is 38.6 Å². The lowest BCUT2D eigenvalue weighted by atomic mass is 9.92. The van der Waals surface area contributed by atoms with Gasteiger partial charge in [-0.15, -0.1) is 0 Å². The summed E-state index contributed by atoms with van der Waals surface area (Å²) in [5, 5.41) is 8.97. The topological polar surface area (TPSA) is 53.7 Å². The normalized spacial score (nSPS) is 19.3. The van der Waals surface area contributed by atoms with Crippen LogP contribution < -0.4 is 0 Å². The Balaban J connectivity index is 2.17. The number of carbonyl (C=O) groups is 1. The minimum atomic E-state index is -0.755. The van der Waals surface area contributed by atoms with E-state index in [2.05, 4.69) is 11.8 Å². The van der Waals surface area contributed by atoms with Crippen LogP contribution in [0, 0.1) is 0 Å². The number of furan rings is 1. The minimum absolute atomic E-state index is 0.114. The molecule has 94 valence electrons. The van der Waals surface area contributed by atoms with Crippen LogP contribution in [0.15, 0.2) is 16.7 Å². The van der Waals surface area contributed by atoms with Gasteiger partial charge >= 0.3 is 5.97 Å². The van der Waals surface area contributed by atoms with Gasteiger partial charge < -0.3 is 9.52 Å². The van der Waals surface area contributed by atoms with Gasteiger partial charge in [-0.2, -0.15) is 0 Å². The van der Waals surface area contributed by atoms with Crippen LogP contribution in [-0.2, 0) is 11.2 Å². The molecule has 0 saturated carbocycles. The molecule has 0 bridgehead atoms. The van der Waals surface area contributed by atoms with Gasteiger partial charge in [0.2, 0.25) is 0 Å². The van der Waals surface area contributed by atoms with Gasteiger partial charge in [-0.1, -0.05) is 6.92 Å². The average Bonchev–Trinajstić information content (AvgIpc) is 2.75. The standard InChI is InChI=1S/C13H19NO3/c1-2-7-14(9-13(15)16)11-4-3-5-12-10(11)6-8-17-12/h6,8,11H,2-5,7,9H2,1H3,(H,15,16). The molecule has 1 atom stereocenters. The molecule has 0 saturated heterocycles. The van der Waals surface area contributed by atoms with Crippen molar-refractivity contribution in [2.24, 2.45) is 0 Å². The number of nitrogens with zero attached hydrogens (tertiary/aromatic N) is 1. The summed E-state index contributed by atoms with van der Waals surface area (Å²) in [6.45, 7) is 3.01. The van der Waals surface area contributed by atoms with Crippen LogP contribution in [0.1, 0.15) is 43.6 Å². The molecule has 0 aromatic carbocycles. The molecule has 0 fully saturated rings. The molecular formula is C13H19NO3. The lowest BCUT2D eigenvalue weighted by Crippen LogP contribution is -2.35. The molecule has 0 aliphatic heterocycles. The van der Waals surface area contributed by atoms with Gasteiger partial charge in [0, 0.05) is 18.0 Å². The predicted octanol–water partition coefficient (Wildman–Crippen LogP) is 2.45. The van der Waals surface area contributed by atoms with E-state index in [1.54, 1.807) is 6.26 Å². The molecule has 1 aliphatic carbocycles. The molecule has 2 rings (SSSR count). The zero-order chi connectivity index (χ0) is 12.3. The Morgan fingerprint density at radius 1 is 1.65 bits per heavy atom. The molecule has 0 spiro atoms. The molecule has 1 aromatic heterocycles.